The molecule has 23 heavy (non-hydrogen) atoms. The number of benzene rings is 1. The molecular formula is C16H18N2O3S2. The van der Waals surface area contributed by atoms with Gasteiger partial charge in [-0.15, -0.1) is 11.3 Å². The summed E-state index contributed by atoms with van der Waals surface area (Å²) in [5.74, 6) is -0.0269. The zero-order valence-corrected chi connectivity index (χ0v) is 14.4. The number of hydrogen-bond donors (Lipinski definition) is 1. The maximum absolute atomic E-state index is 12.9. The molecule has 1 aromatic carbocycles. The number of anilines is 1. The van der Waals surface area contributed by atoms with E-state index in [2.05, 4.69) is 5.32 Å². The Kier molecular flexibility index (Phi) is 4.52. The second kappa shape index (κ2) is 6.43. The van der Waals surface area contributed by atoms with Gasteiger partial charge in [-0.2, -0.15) is 4.31 Å². The monoisotopic (exact) mass is 350 g/mol. The Labute approximate surface area is 140 Å². The van der Waals surface area contributed by atoms with E-state index in [1.807, 2.05) is 24.4 Å². The standard InChI is InChI=1S/C16H18N2O3S2/c1-2-18(11-13-4-3-9-22-13)23(20,21)14-6-7-15-12(10-14)5-8-16(19)17-15/h3-4,6-7,9-10H,2,5,8,11H2,1H3,(H,17,19). The van der Waals surface area contributed by atoms with Crippen molar-refractivity contribution in [1.29, 1.82) is 0 Å². The van der Waals surface area contributed by atoms with Gasteiger partial charge in [-0.1, -0.05) is 13.0 Å². The van der Waals surface area contributed by atoms with Crippen LogP contribution in [0.2, 0.25) is 0 Å². The number of nitrogens with zero attached hydrogens (tertiary/aromatic N) is 1. The molecule has 1 N–H and O–H groups in total. The number of carbonyl (C=O) groups is 1. The Bertz CT molecular complexity index is 814. The van der Waals surface area contributed by atoms with Gasteiger partial charge in [-0.3, -0.25) is 4.79 Å². The third-order valence-corrected chi connectivity index (χ3v) is 6.65. The smallest absolute Gasteiger partial charge is 0.243 e. The quantitative estimate of drug-likeness (QED) is 0.902. The van der Waals surface area contributed by atoms with Gasteiger partial charge in [0.25, 0.3) is 0 Å². The van der Waals surface area contributed by atoms with E-state index in [9.17, 15) is 13.2 Å². The summed E-state index contributed by atoms with van der Waals surface area (Å²) in [4.78, 5) is 12.7. The molecule has 0 radical (unpaired) electrons. The molecule has 5 nitrogen and oxygen atoms in total. The average molecular weight is 350 g/mol. The van der Waals surface area contributed by atoms with Crippen molar-refractivity contribution in [2.24, 2.45) is 0 Å². The van der Waals surface area contributed by atoms with Crippen LogP contribution in [-0.4, -0.2) is 25.2 Å². The summed E-state index contributed by atoms with van der Waals surface area (Å²) in [6.45, 7) is 2.63. The minimum Gasteiger partial charge on any atom is -0.326 e. The van der Waals surface area contributed by atoms with Crippen molar-refractivity contribution >= 4 is 33.0 Å². The Balaban J connectivity index is 1.90. The molecule has 1 aromatic heterocycles. The molecule has 1 amide bonds. The van der Waals surface area contributed by atoms with Crippen LogP contribution in [0.25, 0.3) is 0 Å². The lowest BCUT2D eigenvalue weighted by Crippen LogP contribution is -2.30. The molecule has 1 aliphatic rings. The van der Waals surface area contributed by atoms with Crippen LogP contribution in [0.3, 0.4) is 0 Å². The van der Waals surface area contributed by atoms with Gasteiger partial charge in [0.1, 0.15) is 0 Å². The van der Waals surface area contributed by atoms with E-state index in [0.717, 1.165) is 10.4 Å². The number of rotatable bonds is 5. The van der Waals surface area contributed by atoms with Gasteiger partial charge in [0.2, 0.25) is 15.9 Å². The molecule has 0 atom stereocenters. The topological polar surface area (TPSA) is 66.5 Å². The van der Waals surface area contributed by atoms with E-state index in [-0.39, 0.29) is 10.8 Å². The van der Waals surface area contributed by atoms with Gasteiger partial charge in [0.05, 0.1) is 4.90 Å². The van der Waals surface area contributed by atoms with Crippen molar-refractivity contribution in [3.8, 4) is 0 Å². The van der Waals surface area contributed by atoms with E-state index in [1.165, 1.54) is 4.31 Å². The first-order valence-corrected chi connectivity index (χ1v) is 9.78. The molecule has 0 saturated heterocycles. The van der Waals surface area contributed by atoms with Crippen LogP contribution in [0.5, 0.6) is 0 Å². The highest BCUT2D eigenvalue weighted by atomic mass is 32.2. The molecule has 2 heterocycles. The van der Waals surface area contributed by atoms with Crippen LogP contribution in [0, 0.1) is 0 Å². The van der Waals surface area contributed by atoms with E-state index >= 15 is 0 Å². The fourth-order valence-electron chi connectivity index (χ4n) is 2.61. The Morgan fingerprint density at radius 1 is 1.26 bits per heavy atom. The number of carbonyl (C=O) groups excluding carboxylic acids is 1. The normalized spacial score (nSPS) is 14.6. The summed E-state index contributed by atoms with van der Waals surface area (Å²) in [5, 5.41) is 4.71. The molecule has 0 aliphatic carbocycles. The third-order valence-electron chi connectivity index (χ3n) is 3.87. The van der Waals surface area contributed by atoms with Gasteiger partial charge in [0.15, 0.2) is 0 Å². The summed E-state index contributed by atoms with van der Waals surface area (Å²) < 4.78 is 27.2. The number of aryl methyl sites for hydroxylation is 1. The minimum absolute atomic E-state index is 0.0269. The predicted octanol–water partition coefficient (Wildman–Crippen LogP) is 2.84. The molecule has 0 bridgehead atoms. The fraction of sp³-hybridized carbons (Fsp3) is 0.312. The summed E-state index contributed by atoms with van der Waals surface area (Å²) >= 11 is 1.55. The van der Waals surface area contributed by atoms with Crippen molar-refractivity contribution in [2.75, 3.05) is 11.9 Å². The van der Waals surface area contributed by atoms with Crippen LogP contribution in [0.15, 0.2) is 40.6 Å². The highest BCUT2D eigenvalue weighted by molar-refractivity contribution is 7.89. The molecule has 7 heteroatoms. The lowest BCUT2D eigenvalue weighted by Gasteiger charge is -2.22. The number of sulfonamides is 1. The summed E-state index contributed by atoms with van der Waals surface area (Å²) in [7, 11) is -3.55. The minimum atomic E-state index is -3.55. The molecule has 0 fully saturated rings. The summed E-state index contributed by atoms with van der Waals surface area (Å²) in [5.41, 5.74) is 1.58. The number of hydrogen-bond acceptors (Lipinski definition) is 4. The van der Waals surface area contributed by atoms with E-state index in [0.29, 0.717) is 31.6 Å². The highest BCUT2D eigenvalue weighted by Gasteiger charge is 2.25. The third kappa shape index (κ3) is 3.31. The number of thiophene rings is 1. The molecule has 1 aliphatic heterocycles. The van der Waals surface area contributed by atoms with Gasteiger partial charge in [-0.25, -0.2) is 8.42 Å². The first-order valence-electron chi connectivity index (χ1n) is 7.46. The van der Waals surface area contributed by atoms with Gasteiger partial charge in [-0.05, 0) is 41.6 Å². The van der Waals surface area contributed by atoms with Crippen LogP contribution in [-0.2, 0) is 27.8 Å². The van der Waals surface area contributed by atoms with Crippen molar-refractivity contribution in [3.63, 3.8) is 0 Å². The van der Waals surface area contributed by atoms with Crippen LogP contribution < -0.4 is 5.32 Å². The van der Waals surface area contributed by atoms with Crippen LogP contribution in [0.4, 0.5) is 5.69 Å². The number of fused-ring (bicyclic) bond motifs is 1. The number of amides is 1. The molecule has 0 saturated carbocycles. The van der Waals surface area contributed by atoms with Crippen LogP contribution >= 0.6 is 11.3 Å². The fourth-order valence-corrected chi connectivity index (χ4v) is 4.89. The Morgan fingerprint density at radius 2 is 2.09 bits per heavy atom. The lowest BCUT2D eigenvalue weighted by molar-refractivity contribution is -0.116. The van der Waals surface area contributed by atoms with Gasteiger partial charge >= 0.3 is 0 Å². The molecular weight excluding hydrogens is 332 g/mol. The van der Waals surface area contributed by atoms with Gasteiger partial charge < -0.3 is 5.32 Å². The van der Waals surface area contributed by atoms with Crippen LogP contribution in [0.1, 0.15) is 23.8 Å². The van der Waals surface area contributed by atoms with E-state index in [1.54, 1.807) is 29.5 Å². The number of nitrogens with one attached hydrogen (secondary N) is 1. The van der Waals surface area contributed by atoms with E-state index in [4.69, 9.17) is 0 Å². The van der Waals surface area contributed by atoms with Crippen molar-refractivity contribution in [3.05, 3.63) is 46.2 Å². The maximum atomic E-state index is 12.9. The van der Waals surface area contributed by atoms with E-state index < -0.39 is 10.0 Å². The van der Waals surface area contributed by atoms with Gasteiger partial charge in [0, 0.05) is 30.1 Å². The first-order chi connectivity index (χ1) is 11.0. The largest absolute Gasteiger partial charge is 0.326 e. The zero-order chi connectivity index (χ0) is 16.4. The average Bonchev–Trinajstić information content (AvgIpc) is 3.05. The molecule has 0 spiro atoms. The van der Waals surface area contributed by atoms with Crippen molar-refractivity contribution in [2.45, 2.75) is 31.2 Å². The predicted molar refractivity (Wildman–Crippen MR) is 91.0 cm³/mol. The lowest BCUT2D eigenvalue weighted by atomic mass is 10.0. The molecule has 2 aromatic rings. The second-order valence-corrected chi connectivity index (χ2v) is 8.35. The molecule has 0 unspecified atom stereocenters. The van der Waals surface area contributed by atoms with Crippen molar-refractivity contribution in [1.82, 2.24) is 4.31 Å². The summed E-state index contributed by atoms with van der Waals surface area (Å²) in [6, 6.07) is 8.78. The second-order valence-electron chi connectivity index (χ2n) is 5.38. The molecule has 122 valence electrons. The zero-order valence-electron chi connectivity index (χ0n) is 12.8. The molecule has 3 rings (SSSR count). The maximum Gasteiger partial charge on any atom is 0.243 e. The first kappa shape index (κ1) is 16.2. The van der Waals surface area contributed by atoms with Crippen molar-refractivity contribution < 1.29 is 13.2 Å². The highest BCUT2D eigenvalue weighted by Crippen LogP contribution is 2.27. The SMILES string of the molecule is CCN(Cc1cccs1)S(=O)(=O)c1ccc2c(c1)CCC(=O)N2. The summed E-state index contributed by atoms with van der Waals surface area (Å²) in [6.07, 6.45) is 0.963. The Morgan fingerprint density at radius 3 is 2.78 bits per heavy atom. The Hall–Kier alpha value is -1.70.